The van der Waals surface area contributed by atoms with Gasteiger partial charge < -0.3 is 10.1 Å². The molecule has 0 bridgehead atoms. The van der Waals surface area contributed by atoms with Gasteiger partial charge in [0.05, 0.1) is 7.11 Å². The molecule has 2 nitrogen and oxygen atoms in total. The Morgan fingerprint density at radius 2 is 2.22 bits per heavy atom. The van der Waals surface area contributed by atoms with E-state index in [-0.39, 0.29) is 0 Å². The molecular weight excluding hydrogens is 246 g/mol. The molecule has 18 heavy (non-hydrogen) atoms. The molecule has 1 aliphatic carbocycles. The first-order valence-corrected chi connectivity index (χ1v) is 7.13. The summed E-state index contributed by atoms with van der Waals surface area (Å²) in [4.78, 5) is 0. The second-order valence-corrected chi connectivity index (χ2v) is 5.64. The molecule has 3 heteroatoms. The fourth-order valence-electron chi connectivity index (χ4n) is 2.49. The molecule has 1 aliphatic rings. The highest BCUT2D eigenvalue weighted by molar-refractivity contribution is 6.31. The number of hydrogen-bond acceptors (Lipinski definition) is 2. The van der Waals surface area contributed by atoms with Crippen LogP contribution in [-0.4, -0.2) is 13.2 Å². The van der Waals surface area contributed by atoms with Crippen molar-refractivity contribution in [2.75, 3.05) is 7.11 Å². The second-order valence-electron chi connectivity index (χ2n) is 5.24. The molecule has 1 fully saturated rings. The van der Waals surface area contributed by atoms with Gasteiger partial charge in [0.1, 0.15) is 5.75 Å². The standard InChI is InChI=1S/C15H22ClNO/c1-11(9-12-5-3-6-12)17-10-13-14(16)7-4-8-15(13)18-2/h4,7-8,11-12,17H,3,5-6,9-10H2,1-2H3. The van der Waals surface area contributed by atoms with Gasteiger partial charge in [-0.2, -0.15) is 0 Å². The van der Waals surface area contributed by atoms with E-state index in [0.717, 1.165) is 28.8 Å². The van der Waals surface area contributed by atoms with Gasteiger partial charge in [0, 0.05) is 23.2 Å². The minimum Gasteiger partial charge on any atom is -0.496 e. The Hall–Kier alpha value is -0.730. The topological polar surface area (TPSA) is 21.3 Å². The van der Waals surface area contributed by atoms with Gasteiger partial charge in [-0.05, 0) is 31.4 Å². The fraction of sp³-hybridized carbons (Fsp3) is 0.600. The van der Waals surface area contributed by atoms with E-state index in [2.05, 4.69) is 12.2 Å². The predicted octanol–water partition coefficient (Wildman–Crippen LogP) is 4.02. The van der Waals surface area contributed by atoms with E-state index in [0.29, 0.717) is 6.04 Å². The molecule has 2 rings (SSSR count). The number of ether oxygens (including phenoxy) is 1. The zero-order valence-corrected chi connectivity index (χ0v) is 12.0. The lowest BCUT2D eigenvalue weighted by molar-refractivity contribution is 0.265. The average molecular weight is 268 g/mol. The molecule has 0 spiro atoms. The van der Waals surface area contributed by atoms with E-state index in [4.69, 9.17) is 16.3 Å². The Morgan fingerprint density at radius 3 is 2.83 bits per heavy atom. The summed E-state index contributed by atoms with van der Waals surface area (Å²) in [7, 11) is 1.69. The van der Waals surface area contributed by atoms with Crippen LogP contribution in [0.15, 0.2) is 18.2 Å². The number of benzene rings is 1. The summed E-state index contributed by atoms with van der Waals surface area (Å²) in [6, 6.07) is 6.33. The zero-order valence-electron chi connectivity index (χ0n) is 11.2. The highest BCUT2D eigenvalue weighted by Gasteiger charge is 2.20. The lowest BCUT2D eigenvalue weighted by atomic mass is 9.81. The van der Waals surface area contributed by atoms with Crippen LogP contribution in [0.25, 0.3) is 0 Å². The van der Waals surface area contributed by atoms with Gasteiger partial charge in [0.25, 0.3) is 0 Å². The second kappa shape index (κ2) is 6.44. The minimum atomic E-state index is 0.538. The maximum atomic E-state index is 6.22. The smallest absolute Gasteiger partial charge is 0.124 e. The van der Waals surface area contributed by atoms with Crippen molar-refractivity contribution in [1.29, 1.82) is 0 Å². The van der Waals surface area contributed by atoms with Crippen LogP contribution in [0.5, 0.6) is 5.75 Å². The van der Waals surface area contributed by atoms with Crippen molar-refractivity contribution < 1.29 is 4.74 Å². The number of nitrogens with one attached hydrogen (secondary N) is 1. The van der Waals surface area contributed by atoms with Crippen molar-refractivity contribution in [2.24, 2.45) is 5.92 Å². The van der Waals surface area contributed by atoms with Gasteiger partial charge in [-0.25, -0.2) is 0 Å². The van der Waals surface area contributed by atoms with Crippen LogP contribution >= 0.6 is 11.6 Å². The van der Waals surface area contributed by atoms with Crippen molar-refractivity contribution >= 4 is 11.6 Å². The van der Waals surface area contributed by atoms with E-state index in [1.807, 2.05) is 18.2 Å². The van der Waals surface area contributed by atoms with Crippen LogP contribution in [0.2, 0.25) is 5.02 Å². The third kappa shape index (κ3) is 3.39. The summed E-state index contributed by atoms with van der Waals surface area (Å²) in [5, 5.41) is 4.32. The minimum absolute atomic E-state index is 0.538. The summed E-state index contributed by atoms with van der Waals surface area (Å²) in [5.41, 5.74) is 1.06. The molecule has 0 aromatic heterocycles. The fourth-order valence-corrected chi connectivity index (χ4v) is 2.72. The zero-order chi connectivity index (χ0) is 13.0. The molecule has 1 aromatic rings. The lowest BCUT2D eigenvalue weighted by Gasteiger charge is -2.28. The number of methoxy groups -OCH3 is 1. The molecule has 0 radical (unpaired) electrons. The predicted molar refractivity (Wildman–Crippen MR) is 76.3 cm³/mol. The van der Waals surface area contributed by atoms with Gasteiger partial charge in [0.2, 0.25) is 0 Å². The highest BCUT2D eigenvalue weighted by Crippen LogP contribution is 2.31. The van der Waals surface area contributed by atoms with Crippen LogP contribution in [-0.2, 0) is 6.54 Å². The van der Waals surface area contributed by atoms with Gasteiger partial charge in [-0.3, -0.25) is 0 Å². The van der Waals surface area contributed by atoms with E-state index >= 15 is 0 Å². The van der Waals surface area contributed by atoms with Crippen LogP contribution in [0.4, 0.5) is 0 Å². The summed E-state index contributed by atoms with van der Waals surface area (Å²) < 4.78 is 5.35. The largest absolute Gasteiger partial charge is 0.496 e. The first-order valence-electron chi connectivity index (χ1n) is 6.75. The highest BCUT2D eigenvalue weighted by atomic mass is 35.5. The molecule has 0 heterocycles. The van der Waals surface area contributed by atoms with Crippen molar-refractivity contribution in [3.05, 3.63) is 28.8 Å². The van der Waals surface area contributed by atoms with Crippen molar-refractivity contribution in [3.8, 4) is 5.75 Å². The Kier molecular flexibility index (Phi) is 4.90. The molecule has 1 aromatic carbocycles. The van der Waals surface area contributed by atoms with E-state index in [9.17, 15) is 0 Å². The Labute approximate surface area is 115 Å². The first kappa shape index (κ1) is 13.7. The molecule has 1 saturated carbocycles. The maximum absolute atomic E-state index is 6.22. The van der Waals surface area contributed by atoms with E-state index < -0.39 is 0 Å². The molecule has 0 amide bonds. The monoisotopic (exact) mass is 267 g/mol. The SMILES string of the molecule is COc1cccc(Cl)c1CNC(C)CC1CCC1. The molecule has 100 valence electrons. The van der Waals surface area contributed by atoms with Gasteiger partial charge in [-0.15, -0.1) is 0 Å². The number of halogens is 1. The number of rotatable bonds is 6. The van der Waals surface area contributed by atoms with Crippen LogP contribution in [0.1, 0.15) is 38.2 Å². The average Bonchev–Trinajstić information content (AvgIpc) is 2.32. The molecule has 1 N–H and O–H groups in total. The van der Waals surface area contributed by atoms with Gasteiger partial charge >= 0.3 is 0 Å². The van der Waals surface area contributed by atoms with Crippen molar-refractivity contribution in [1.82, 2.24) is 5.32 Å². The molecule has 1 atom stereocenters. The normalized spacial score (nSPS) is 17.3. The van der Waals surface area contributed by atoms with Crippen LogP contribution < -0.4 is 10.1 Å². The van der Waals surface area contributed by atoms with Crippen LogP contribution in [0.3, 0.4) is 0 Å². The quantitative estimate of drug-likeness (QED) is 0.841. The Bertz CT molecular complexity index is 390. The molecule has 0 saturated heterocycles. The molecule has 0 aliphatic heterocycles. The first-order chi connectivity index (χ1) is 8.70. The van der Waals surface area contributed by atoms with Gasteiger partial charge in [-0.1, -0.05) is 36.9 Å². The Morgan fingerprint density at radius 1 is 1.44 bits per heavy atom. The van der Waals surface area contributed by atoms with Crippen LogP contribution in [0, 0.1) is 5.92 Å². The molecular formula is C15H22ClNO. The third-order valence-electron chi connectivity index (χ3n) is 3.83. The summed E-state index contributed by atoms with van der Waals surface area (Å²) >= 11 is 6.22. The van der Waals surface area contributed by atoms with Gasteiger partial charge in [0.15, 0.2) is 0 Å². The van der Waals surface area contributed by atoms with E-state index in [1.165, 1.54) is 25.7 Å². The van der Waals surface area contributed by atoms with Crippen molar-refractivity contribution in [3.63, 3.8) is 0 Å². The molecule has 1 unspecified atom stereocenters. The summed E-state index contributed by atoms with van der Waals surface area (Å²) in [6.07, 6.45) is 5.49. The lowest BCUT2D eigenvalue weighted by Crippen LogP contribution is -2.30. The maximum Gasteiger partial charge on any atom is 0.124 e. The Balaban J connectivity index is 1.88. The summed E-state index contributed by atoms with van der Waals surface area (Å²) in [5.74, 6) is 1.80. The summed E-state index contributed by atoms with van der Waals surface area (Å²) in [6.45, 7) is 3.03. The number of hydrogen-bond donors (Lipinski definition) is 1. The van der Waals surface area contributed by atoms with Crippen molar-refractivity contribution in [2.45, 2.75) is 45.2 Å². The third-order valence-corrected chi connectivity index (χ3v) is 4.19. The van der Waals surface area contributed by atoms with E-state index in [1.54, 1.807) is 7.11 Å².